The maximum Gasteiger partial charge on any atom is 0.338 e. The first-order valence-corrected chi connectivity index (χ1v) is 9.42. The second kappa shape index (κ2) is 13.9. The van der Waals surface area contributed by atoms with E-state index in [-0.39, 0.29) is 13.2 Å². The lowest BCUT2D eigenvalue weighted by molar-refractivity contribution is -0.870. The molecule has 6 N–H and O–H groups in total. The van der Waals surface area contributed by atoms with Crippen LogP contribution in [-0.4, -0.2) is 156 Å². The highest BCUT2D eigenvalue weighted by Crippen LogP contribution is 1.99. The van der Waals surface area contributed by atoms with E-state index in [1.165, 1.54) is 0 Å². The maximum atomic E-state index is 11.1. The van der Waals surface area contributed by atoms with E-state index < -0.39 is 48.3 Å². The van der Waals surface area contributed by atoms with Crippen molar-refractivity contribution in [3.8, 4) is 0 Å². The molecule has 0 fully saturated rings. The Labute approximate surface area is 186 Å². The Kier molecular flexibility index (Phi) is 13.8. The van der Waals surface area contributed by atoms with Crippen molar-refractivity contribution >= 4 is 23.9 Å². The van der Waals surface area contributed by atoms with Gasteiger partial charge in [-0.25, -0.2) is 19.2 Å². The van der Waals surface area contributed by atoms with Crippen LogP contribution in [-0.2, 0) is 28.7 Å². The van der Waals surface area contributed by atoms with E-state index in [1.807, 2.05) is 42.3 Å². The van der Waals surface area contributed by atoms with E-state index in [0.29, 0.717) is 22.1 Å². The highest BCUT2D eigenvalue weighted by molar-refractivity contribution is 5.84. The quantitative estimate of drug-likeness (QED) is 0.119. The van der Waals surface area contributed by atoms with Crippen LogP contribution in [0, 0.1) is 0 Å². The number of carbonyl (C=O) groups excluding carboxylic acids is 2. The standard InChI is InChI=1S/2C9H17NO6/c2*1-10(2,3)4-5-16-9(15)7(12)6(11)8(13)14/h2*6-7,11-12H,4-5H2,1-3H3/p+2. The van der Waals surface area contributed by atoms with E-state index in [2.05, 4.69) is 9.47 Å². The topological polar surface area (TPSA) is 208 Å². The second-order valence-corrected chi connectivity index (χ2v) is 8.82. The minimum Gasteiger partial charge on any atom is -0.479 e. The Morgan fingerprint density at radius 3 is 1.03 bits per heavy atom. The van der Waals surface area contributed by atoms with Gasteiger partial charge in [-0.05, 0) is 0 Å². The molecule has 188 valence electrons. The number of esters is 2. The summed E-state index contributed by atoms with van der Waals surface area (Å²) in [6, 6.07) is 0. The number of aliphatic carboxylic acids is 2. The predicted molar refractivity (Wildman–Crippen MR) is 107 cm³/mol. The number of quaternary nitrogens is 2. The molecule has 32 heavy (non-hydrogen) atoms. The number of carboxylic acids is 2. The summed E-state index contributed by atoms with van der Waals surface area (Å²) in [5, 5.41) is 52.6. The van der Waals surface area contributed by atoms with Gasteiger partial charge in [0.1, 0.15) is 26.3 Å². The molecule has 0 aromatic heterocycles. The zero-order valence-electron chi connectivity index (χ0n) is 19.2. The van der Waals surface area contributed by atoms with E-state index in [0.717, 1.165) is 0 Å². The van der Waals surface area contributed by atoms with Crippen molar-refractivity contribution < 1.29 is 68.3 Å². The molecule has 0 spiro atoms. The number of hydrogen-bond acceptors (Lipinski definition) is 10. The maximum absolute atomic E-state index is 11.1. The zero-order valence-corrected chi connectivity index (χ0v) is 19.2. The molecule has 4 unspecified atom stereocenters. The summed E-state index contributed by atoms with van der Waals surface area (Å²) in [7, 11) is 11.3. The van der Waals surface area contributed by atoms with Gasteiger partial charge in [-0.2, -0.15) is 0 Å². The molecule has 0 aromatic rings. The number of likely N-dealkylation sites (N-methyl/N-ethyl adjacent to an activating group) is 2. The number of nitrogens with zero attached hydrogens (tertiary/aromatic N) is 2. The average molecular weight is 472 g/mol. The van der Waals surface area contributed by atoms with Crippen molar-refractivity contribution in [2.75, 3.05) is 68.6 Å². The van der Waals surface area contributed by atoms with Crippen LogP contribution in [0.3, 0.4) is 0 Å². The molecule has 0 aromatic carbocycles. The molecule has 0 rings (SSSR count). The predicted octanol–water partition coefficient (Wildman–Crippen LogP) is -3.92. The molecule has 0 aliphatic rings. The third-order valence-electron chi connectivity index (χ3n) is 3.60. The van der Waals surface area contributed by atoms with E-state index >= 15 is 0 Å². The van der Waals surface area contributed by atoms with Gasteiger partial charge < -0.3 is 49.1 Å². The molecule has 0 heterocycles. The Bertz CT molecular complexity index is 572. The third kappa shape index (κ3) is 15.4. The van der Waals surface area contributed by atoms with Gasteiger partial charge in [-0.3, -0.25) is 0 Å². The Morgan fingerprint density at radius 2 is 0.844 bits per heavy atom. The fourth-order valence-corrected chi connectivity index (χ4v) is 1.54. The van der Waals surface area contributed by atoms with Crippen LogP contribution < -0.4 is 0 Å². The van der Waals surface area contributed by atoms with Crippen LogP contribution in [0.2, 0.25) is 0 Å². The van der Waals surface area contributed by atoms with Crippen molar-refractivity contribution in [2.24, 2.45) is 0 Å². The van der Waals surface area contributed by atoms with Crippen LogP contribution in [0.15, 0.2) is 0 Å². The van der Waals surface area contributed by atoms with Gasteiger partial charge in [0.15, 0.2) is 24.4 Å². The van der Waals surface area contributed by atoms with Crippen molar-refractivity contribution in [1.29, 1.82) is 0 Å². The Balaban J connectivity index is 0. The summed E-state index contributed by atoms with van der Waals surface area (Å²) in [4.78, 5) is 42.7. The molecular formula is C18H36N2O12+2. The lowest BCUT2D eigenvalue weighted by Gasteiger charge is -2.23. The molecule has 14 heteroatoms. The van der Waals surface area contributed by atoms with Crippen LogP contribution in [0.5, 0.6) is 0 Å². The molecule has 4 atom stereocenters. The second-order valence-electron chi connectivity index (χ2n) is 8.82. The molecule has 0 bridgehead atoms. The number of carbonyl (C=O) groups is 4. The smallest absolute Gasteiger partial charge is 0.338 e. The summed E-state index contributed by atoms with van der Waals surface area (Å²) in [5.41, 5.74) is 0. The van der Waals surface area contributed by atoms with E-state index in [4.69, 9.17) is 30.6 Å². The SMILES string of the molecule is C[N+](C)(C)CCOC(=O)C(O)C(O)C(=O)O.C[N+](C)(C)CCOC(=O)C(O)C(O)C(=O)O. The highest BCUT2D eigenvalue weighted by Gasteiger charge is 2.32. The van der Waals surface area contributed by atoms with Crippen molar-refractivity contribution in [3.63, 3.8) is 0 Å². The zero-order chi connectivity index (χ0) is 25.9. The molecule has 0 aliphatic carbocycles. The van der Waals surface area contributed by atoms with Crippen molar-refractivity contribution in [3.05, 3.63) is 0 Å². The van der Waals surface area contributed by atoms with Gasteiger partial charge in [0.25, 0.3) is 0 Å². The number of aliphatic hydroxyl groups is 4. The normalized spacial score (nSPS) is 15.3. The largest absolute Gasteiger partial charge is 0.479 e. The Morgan fingerprint density at radius 1 is 0.594 bits per heavy atom. The van der Waals surface area contributed by atoms with Gasteiger partial charge in [0.2, 0.25) is 0 Å². The summed E-state index contributed by atoms with van der Waals surface area (Å²) in [6.07, 6.45) is -8.41. The van der Waals surface area contributed by atoms with Gasteiger partial charge in [-0.1, -0.05) is 0 Å². The lowest BCUT2D eigenvalue weighted by atomic mass is 10.2. The Hall–Kier alpha value is -2.36. The summed E-state index contributed by atoms with van der Waals surface area (Å²) in [5.74, 6) is -5.61. The fraction of sp³-hybridized carbons (Fsp3) is 0.778. The minimum atomic E-state index is -2.16. The van der Waals surface area contributed by atoms with E-state index in [1.54, 1.807) is 0 Å². The summed E-state index contributed by atoms with van der Waals surface area (Å²) < 4.78 is 10.4. The summed E-state index contributed by atoms with van der Waals surface area (Å²) >= 11 is 0. The first kappa shape index (κ1) is 31.8. The minimum absolute atomic E-state index is 0.0474. The third-order valence-corrected chi connectivity index (χ3v) is 3.60. The first-order chi connectivity index (χ1) is 14.3. The number of aliphatic hydroxyl groups excluding tert-OH is 4. The molecular weight excluding hydrogens is 436 g/mol. The van der Waals surface area contributed by atoms with Crippen LogP contribution >= 0.6 is 0 Å². The molecule has 14 nitrogen and oxygen atoms in total. The van der Waals surface area contributed by atoms with Crippen molar-refractivity contribution in [2.45, 2.75) is 24.4 Å². The van der Waals surface area contributed by atoms with Crippen LogP contribution in [0.1, 0.15) is 0 Å². The van der Waals surface area contributed by atoms with Crippen molar-refractivity contribution in [1.82, 2.24) is 0 Å². The molecule has 0 radical (unpaired) electrons. The molecule has 0 aliphatic heterocycles. The van der Waals surface area contributed by atoms with Gasteiger partial charge in [-0.15, -0.1) is 0 Å². The monoisotopic (exact) mass is 472 g/mol. The highest BCUT2D eigenvalue weighted by atomic mass is 16.6. The number of rotatable bonds is 12. The first-order valence-electron chi connectivity index (χ1n) is 9.42. The van der Waals surface area contributed by atoms with Crippen LogP contribution in [0.25, 0.3) is 0 Å². The fourth-order valence-electron chi connectivity index (χ4n) is 1.54. The number of hydrogen-bond donors (Lipinski definition) is 6. The van der Waals surface area contributed by atoms with Gasteiger partial charge in [0, 0.05) is 0 Å². The summed E-state index contributed by atoms with van der Waals surface area (Å²) in [6.45, 7) is 1.13. The van der Waals surface area contributed by atoms with E-state index in [9.17, 15) is 19.2 Å². The lowest BCUT2D eigenvalue weighted by Crippen LogP contribution is -2.42. The van der Waals surface area contributed by atoms with Gasteiger partial charge in [0.05, 0.1) is 42.3 Å². The van der Waals surface area contributed by atoms with Crippen LogP contribution in [0.4, 0.5) is 0 Å². The number of carboxylic acid groups (broad SMARTS) is 2. The average Bonchev–Trinajstić information content (AvgIpc) is 2.63. The molecule has 0 saturated carbocycles. The number of ether oxygens (including phenoxy) is 2. The van der Waals surface area contributed by atoms with Gasteiger partial charge >= 0.3 is 23.9 Å². The molecule has 0 amide bonds. The molecule has 0 saturated heterocycles.